The Bertz CT molecular complexity index is 834. The van der Waals surface area contributed by atoms with Gasteiger partial charge in [-0.1, -0.05) is 96.0 Å². The van der Waals surface area contributed by atoms with E-state index in [0.29, 0.717) is 18.5 Å². The van der Waals surface area contributed by atoms with Crippen LogP contribution in [-0.2, 0) is 9.59 Å². The van der Waals surface area contributed by atoms with Crippen molar-refractivity contribution in [3.8, 4) is 0 Å². The van der Waals surface area contributed by atoms with Gasteiger partial charge in [0.15, 0.2) is 5.17 Å². The van der Waals surface area contributed by atoms with Crippen molar-refractivity contribution in [2.24, 2.45) is 28.7 Å². The Labute approximate surface area is 224 Å². The summed E-state index contributed by atoms with van der Waals surface area (Å²) in [7, 11) is 0. The highest BCUT2D eigenvalue weighted by atomic mass is 32.2. The highest BCUT2D eigenvalue weighted by molar-refractivity contribution is 8.16. The van der Waals surface area contributed by atoms with Crippen LogP contribution in [-0.4, -0.2) is 34.3 Å². The molecule has 2 N–H and O–H groups in total. The quantitative estimate of drug-likeness (QED) is 0.152. The van der Waals surface area contributed by atoms with Gasteiger partial charge in [-0.2, -0.15) is 0 Å². The molecule has 2 rings (SSSR count). The summed E-state index contributed by atoms with van der Waals surface area (Å²) >= 11 is 1.62. The van der Waals surface area contributed by atoms with Gasteiger partial charge in [0, 0.05) is 6.54 Å². The van der Waals surface area contributed by atoms with Crippen LogP contribution in [0.3, 0.4) is 0 Å². The van der Waals surface area contributed by atoms with Crippen molar-refractivity contribution in [3.05, 3.63) is 36.5 Å². The molecule has 6 unspecified atom stereocenters. The van der Waals surface area contributed by atoms with E-state index in [-0.39, 0.29) is 23.7 Å². The molecule has 0 aromatic rings. The second kappa shape index (κ2) is 15.4. The number of nitrogens with one attached hydrogen (secondary N) is 2. The second-order valence-electron chi connectivity index (χ2n) is 10.7. The molecule has 2 fully saturated rings. The number of thioether (sulfide) groups is 1. The van der Waals surface area contributed by atoms with Gasteiger partial charge in [-0.3, -0.25) is 14.6 Å². The third-order valence-electron chi connectivity index (χ3n) is 7.65. The van der Waals surface area contributed by atoms with Gasteiger partial charge in [0.05, 0.1) is 6.04 Å². The first kappa shape index (κ1) is 30.4. The molecule has 0 radical (unpaired) electrons. The smallest absolute Gasteiger partial charge is 0.243 e. The van der Waals surface area contributed by atoms with Crippen molar-refractivity contribution in [2.75, 3.05) is 6.54 Å². The molecule has 1 heterocycles. The molecule has 1 saturated heterocycles. The standard InChI is InChI=1S/C30H49N3O2S/c1-7-10-11-12-15-22(4)17-18-27(34)31-19-13-16-25(9-3)30(6)28(35)33-29(36-30)32-26-21-24(14-8-2)20-23(26)5/h10-12,15,17-18,22-26H,7-9,13-14,16,19-21H2,1-6H3,(H,31,34)(H,32,33,35)/b11-10-,15-12-,18-17+. The highest BCUT2D eigenvalue weighted by Crippen LogP contribution is 2.43. The molecule has 0 aromatic heterocycles. The summed E-state index contributed by atoms with van der Waals surface area (Å²) in [5, 5.41) is 6.89. The number of amides is 2. The van der Waals surface area contributed by atoms with E-state index in [9.17, 15) is 9.59 Å². The summed E-state index contributed by atoms with van der Waals surface area (Å²) in [5.41, 5.74) is 0. The van der Waals surface area contributed by atoms with Crippen LogP contribution in [0.15, 0.2) is 41.4 Å². The zero-order valence-corrected chi connectivity index (χ0v) is 24.2. The van der Waals surface area contributed by atoms with E-state index in [0.717, 1.165) is 43.2 Å². The first-order chi connectivity index (χ1) is 17.2. The van der Waals surface area contributed by atoms with Gasteiger partial charge in [-0.15, -0.1) is 0 Å². The molecule has 6 heteroatoms. The lowest BCUT2D eigenvalue weighted by atomic mass is 9.86. The van der Waals surface area contributed by atoms with Crippen molar-refractivity contribution < 1.29 is 9.59 Å². The molecule has 6 atom stereocenters. The molecule has 5 nitrogen and oxygen atoms in total. The molecule has 2 amide bonds. The maximum Gasteiger partial charge on any atom is 0.243 e. The molecule has 1 aliphatic carbocycles. The zero-order valence-electron chi connectivity index (χ0n) is 23.4. The van der Waals surface area contributed by atoms with Gasteiger partial charge < -0.3 is 10.6 Å². The van der Waals surface area contributed by atoms with E-state index >= 15 is 0 Å². The fraction of sp³-hybridized carbons (Fsp3) is 0.700. The van der Waals surface area contributed by atoms with E-state index in [1.807, 2.05) is 18.2 Å². The van der Waals surface area contributed by atoms with Gasteiger partial charge in [0.25, 0.3) is 0 Å². The van der Waals surface area contributed by atoms with E-state index in [1.165, 1.54) is 19.3 Å². The minimum Gasteiger partial charge on any atom is -0.353 e. The molecular weight excluding hydrogens is 466 g/mol. The maximum atomic E-state index is 13.0. The number of carbonyl (C=O) groups excluding carboxylic acids is 2. The monoisotopic (exact) mass is 515 g/mol. The van der Waals surface area contributed by atoms with Crippen molar-refractivity contribution >= 4 is 28.7 Å². The minimum atomic E-state index is -0.504. The molecule has 2 aliphatic rings. The van der Waals surface area contributed by atoms with Crippen LogP contribution in [0.5, 0.6) is 0 Å². The van der Waals surface area contributed by atoms with Gasteiger partial charge in [-0.05, 0) is 68.8 Å². The van der Waals surface area contributed by atoms with E-state index in [1.54, 1.807) is 17.8 Å². The van der Waals surface area contributed by atoms with Crippen LogP contribution in [0, 0.1) is 23.7 Å². The molecule has 36 heavy (non-hydrogen) atoms. The lowest BCUT2D eigenvalue weighted by Crippen LogP contribution is -2.40. The highest BCUT2D eigenvalue weighted by Gasteiger charge is 2.48. The van der Waals surface area contributed by atoms with Crippen molar-refractivity contribution in [1.29, 1.82) is 0 Å². The molecule has 1 saturated carbocycles. The number of allylic oxidation sites excluding steroid dienone is 5. The largest absolute Gasteiger partial charge is 0.353 e. The van der Waals surface area contributed by atoms with Crippen molar-refractivity contribution in [1.82, 2.24) is 10.6 Å². The molecule has 0 aromatic carbocycles. The van der Waals surface area contributed by atoms with Crippen LogP contribution in [0.1, 0.15) is 92.9 Å². The maximum absolute atomic E-state index is 13.0. The molecule has 0 spiro atoms. The number of hydrogen-bond acceptors (Lipinski definition) is 4. The average molecular weight is 516 g/mol. The Morgan fingerprint density at radius 2 is 2.03 bits per heavy atom. The minimum absolute atomic E-state index is 0.0620. The predicted molar refractivity (Wildman–Crippen MR) is 155 cm³/mol. The Kier molecular flexibility index (Phi) is 13.0. The molecule has 202 valence electrons. The first-order valence-corrected chi connectivity index (χ1v) is 14.9. The summed E-state index contributed by atoms with van der Waals surface area (Å²) in [4.78, 5) is 30.2. The number of rotatable bonds is 14. The van der Waals surface area contributed by atoms with Crippen LogP contribution in [0.4, 0.5) is 0 Å². The fourth-order valence-corrected chi connectivity index (χ4v) is 6.72. The third-order valence-corrected chi connectivity index (χ3v) is 8.99. The first-order valence-electron chi connectivity index (χ1n) is 14.1. The summed E-state index contributed by atoms with van der Waals surface area (Å²) < 4.78 is -0.504. The Morgan fingerprint density at radius 1 is 1.25 bits per heavy atom. The normalized spacial score (nSPS) is 29.6. The zero-order chi connectivity index (χ0) is 26.6. The van der Waals surface area contributed by atoms with E-state index < -0.39 is 4.75 Å². The van der Waals surface area contributed by atoms with Gasteiger partial charge in [0.1, 0.15) is 4.75 Å². The number of hydrogen-bond donors (Lipinski definition) is 2. The lowest BCUT2D eigenvalue weighted by molar-refractivity contribution is -0.122. The second-order valence-corrected chi connectivity index (χ2v) is 12.2. The Hall–Kier alpha value is -1.82. The SMILES string of the molecule is CC/C=C\C=C/C(C)/C=C/C(=O)NCCCC(CC)C1(C)SC(=NC2CC(CCC)CC2C)NC1=O. The summed E-state index contributed by atoms with van der Waals surface area (Å²) in [6.07, 6.45) is 20.3. The van der Waals surface area contributed by atoms with Gasteiger partial charge in [-0.25, -0.2) is 0 Å². The van der Waals surface area contributed by atoms with Gasteiger partial charge in [0.2, 0.25) is 11.8 Å². The third kappa shape index (κ3) is 9.24. The predicted octanol–water partition coefficient (Wildman–Crippen LogP) is 6.82. The Balaban J connectivity index is 1.82. The number of carbonyl (C=O) groups is 2. The summed E-state index contributed by atoms with van der Waals surface area (Å²) in [5.74, 6) is 1.81. The number of amidine groups is 1. The fourth-order valence-electron chi connectivity index (χ4n) is 5.39. The number of aliphatic imine (C=N–C) groups is 1. The number of nitrogens with zero attached hydrogens (tertiary/aromatic N) is 1. The topological polar surface area (TPSA) is 70.6 Å². The van der Waals surface area contributed by atoms with Crippen LogP contribution < -0.4 is 10.6 Å². The van der Waals surface area contributed by atoms with Crippen LogP contribution >= 0.6 is 11.8 Å². The van der Waals surface area contributed by atoms with Crippen LogP contribution in [0.25, 0.3) is 0 Å². The average Bonchev–Trinajstić information content (AvgIpc) is 3.33. The molecule has 1 aliphatic heterocycles. The molecular formula is C30H49N3O2S. The lowest BCUT2D eigenvalue weighted by Gasteiger charge is -2.29. The van der Waals surface area contributed by atoms with E-state index in [4.69, 9.17) is 4.99 Å². The summed E-state index contributed by atoms with van der Waals surface area (Å²) in [6, 6.07) is 0.320. The Morgan fingerprint density at radius 3 is 2.72 bits per heavy atom. The van der Waals surface area contributed by atoms with E-state index in [2.05, 4.69) is 64.3 Å². The van der Waals surface area contributed by atoms with Gasteiger partial charge >= 0.3 is 0 Å². The van der Waals surface area contributed by atoms with Crippen molar-refractivity contribution in [2.45, 2.75) is 104 Å². The van der Waals surface area contributed by atoms with Crippen LogP contribution in [0.2, 0.25) is 0 Å². The van der Waals surface area contributed by atoms with Crippen molar-refractivity contribution in [3.63, 3.8) is 0 Å². The summed E-state index contributed by atoms with van der Waals surface area (Å²) in [6.45, 7) is 13.5. The molecule has 0 bridgehead atoms.